The van der Waals surface area contributed by atoms with Gasteiger partial charge in [0.05, 0.1) is 12.4 Å². The van der Waals surface area contributed by atoms with Gasteiger partial charge in [-0.05, 0) is 26.7 Å². The van der Waals surface area contributed by atoms with E-state index in [9.17, 15) is 8.42 Å². The summed E-state index contributed by atoms with van der Waals surface area (Å²) < 4.78 is 32.6. The Kier molecular flexibility index (Phi) is 4.56. The van der Waals surface area contributed by atoms with Crippen LogP contribution < -0.4 is 10.0 Å². The number of sulfonamides is 1. The Morgan fingerprint density at radius 3 is 2.45 bits per heavy atom. The third-order valence-corrected chi connectivity index (χ3v) is 4.84. The van der Waals surface area contributed by atoms with Crippen molar-refractivity contribution in [1.29, 1.82) is 0 Å². The van der Waals surface area contributed by atoms with Gasteiger partial charge >= 0.3 is 0 Å². The van der Waals surface area contributed by atoms with Gasteiger partial charge in [0.25, 0.3) is 0 Å². The van der Waals surface area contributed by atoms with Gasteiger partial charge in [0.1, 0.15) is 4.90 Å². The number of aromatic nitrogens is 2. The molecule has 0 aliphatic carbocycles. The van der Waals surface area contributed by atoms with Gasteiger partial charge in [-0.25, -0.2) is 23.1 Å². The van der Waals surface area contributed by atoms with E-state index >= 15 is 0 Å². The quantitative estimate of drug-likeness (QED) is 0.834. The Hall–Kier alpha value is -1.25. The molecule has 20 heavy (non-hydrogen) atoms. The summed E-state index contributed by atoms with van der Waals surface area (Å²) in [6, 6.07) is 0. The zero-order valence-corrected chi connectivity index (χ0v) is 12.5. The number of hydrogen-bond acceptors (Lipinski definition) is 6. The Bertz CT molecular complexity index is 538. The van der Waals surface area contributed by atoms with Crippen LogP contribution in [0.4, 0.5) is 5.95 Å². The molecule has 0 bridgehead atoms. The second kappa shape index (κ2) is 6.02. The first-order valence-corrected chi connectivity index (χ1v) is 8.11. The molecule has 1 aliphatic rings. The van der Waals surface area contributed by atoms with Crippen LogP contribution in [0.15, 0.2) is 17.3 Å². The fourth-order valence-corrected chi connectivity index (χ4v) is 3.37. The molecule has 8 heteroatoms. The highest BCUT2D eigenvalue weighted by atomic mass is 32.2. The summed E-state index contributed by atoms with van der Waals surface area (Å²) in [5, 5.41) is 2.92. The molecule has 0 saturated carbocycles. The van der Waals surface area contributed by atoms with Crippen molar-refractivity contribution in [3.05, 3.63) is 12.4 Å². The van der Waals surface area contributed by atoms with Gasteiger partial charge in [-0.15, -0.1) is 0 Å². The van der Waals surface area contributed by atoms with Crippen LogP contribution in [0.3, 0.4) is 0 Å². The highest BCUT2D eigenvalue weighted by molar-refractivity contribution is 7.89. The Balaban J connectivity index is 2.13. The molecule has 0 atom stereocenters. The van der Waals surface area contributed by atoms with Gasteiger partial charge in [-0.2, -0.15) is 0 Å². The molecule has 0 aromatic carbocycles. The fourth-order valence-electron chi connectivity index (χ4n) is 2.01. The zero-order valence-electron chi connectivity index (χ0n) is 11.7. The standard InChI is InChI=1S/C12H20N4O3S/c1-3-13-11-14-8-10(9-15-11)20(17,18)16-12(2)4-6-19-7-5-12/h8-9,16H,3-7H2,1-2H3,(H,13,14,15). The Morgan fingerprint density at radius 1 is 1.30 bits per heavy atom. The maximum Gasteiger partial charge on any atom is 0.244 e. The lowest BCUT2D eigenvalue weighted by Gasteiger charge is -2.33. The Morgan fingerprint density at radius 2 is 1.90 bits per heavy atom. The first-order chi connectivity index (χ1) is 9.45. The van der Waals surface area contributed by atoms with E-state index < -0.39 is 15.6 Å². The molecule has 1 fully saturated rings. The summed E-state index contributed by atoms with van der Waals surface area (Å²) in [4.78, 5) is 8.04. The number of rotatable bonds is 5. The molecule has 112 valence electrons. The number of ether oxygens (including phenoxy) is 1. The normalized spacial score (nSPS) is 18.7. The van der Waals surface area contributed by atoms with Crippen LogP contribution in [-0.2, 0) is 14.8 Å². The third-order valence-electron chi connectivity index (χ3n) is 3.25. The molecule has 0 unspecified atom stereocenters. The van der Waals surface area contributed by atoms with Crippen molar-refractivity contribution in [2.45, 2.75) is 37.1 Å². The SMILES string of the molecule is CCNc1ncc(S(=O)(=O)NC2(C)CCOCC2)cn1. The molecule has 0 amide bonds. The summed E-state index contributed by atoms with van der Waals surface area (Å²) in [6.45, 7) is 5.62. The van der Waals surface area contributed by atoms with Crippen LogP contribution >= 0.6 is 0 Å². The summed E-state index contributed by atoms with van der Waals surface area (Å²) in [5.41, 5.74) is -0.475. The lowest BCUT2D eigenvalue weighted by molar-refractivity contribution is 0.0537. The number of nitrogens with one attached hydrogen (secondary N) is 2. The van der Waals surface area contributed by atoms with E-state index in [1.54, 1.807) is 0 Å². The molecule has 1 saturated heterocycles. The maximum absolute atomic E-state index is 12.3. The predicted molar refractivity (Wildman–Crippen MR) is 75.0 cm³/mol. The van der Waals surface area contributed by atoms with Crippen molar-refractivity contribution in [3.8, 4) is 0 Å². The van der Waals surface area contributed by atoms with Gasteiger partial charge in [0.15, 0.2) is 0 Å². The molecule has 1 aromatic rings. The van der Waals surface area contributed by atoms with Crippen LogP contribution in [0.1, 0.15) is 26.7 Å². The smallest absolute Gasteiger partial charge is 0.244 e. The zero-order chi connectivity index (χ0) is 14.6. The topological polar surface area (TPSA) is 93.2 Å². The minimum Gasteiger partial charge on any atom is -0.381 e. The van der Waals surface area contributed by atoms with Crippen molar-refractivity contribution in [2.24, 2.45) is 0 Å². The summed E-state index contributed by atoms with van der Waals surface area (Å²) in [5.74, 6) is 0.420. The van der Waals surface area contributed by atoms with E-state index in [0.29, 0.717) is 38.5 Å². The van der Waals surface area contributed by atoms with E-state index in [1.807, 2.05) is 13.8 Å². The number of nitrogens with zero attached hydrogens (tertiary/aromatic N) is 2. The van der Waals surface area contributed by atoms with Crippen LogP contribution in [0.2, 0.25) is 0 Å². The summed E-state index contributed by atoms with van der Waals surface area (Å²) >= 11 is 0. The molecule has 1 aliphatic heterocycles. The minimum atomic E-state index is -3.61. The van der Waals surface area contributed by atoms with Gasteiger partial charge < -0.3 is 10.1 Å². The molecular formula is C12H20N4O3S. The van der Waals surface area contributed by atoms with Crippen LogP contribution in [0.5, 0.6) is 0 Å². The van der Waals surface area contributed by atoms with E-state index in [0.717, 1.165) is 0 Å². The highest BCUT2D eigenvalue weighted by Crippen LogP contribution is 2.22. The minimum absolute atomic E-state index is 0.0758. The lowest BCUT2D eigenvalue weighted by atomic mass is 9.94. The lowest BCUT2D eigenvalue weighted by Crippen LogP contribution is -2.49. The van der Waals surface area contributed by atoms with Crippen molar-refractivity contribution >= 4 is 16.0 Å². The summed E-state index contributed by atoms with van der Waals surface area (Å²) in [7, 11) is -3.61. The first-order valence-electron chi connectivity index (χ1n) is 6.63. The van der Waals surface area contributed by atoms with Crippen molar-refractivity contribution < 1.29 is 13.2 Å². The monoisotopic (exact) mass is 300 g/mol. The average molecular weight is 300 g/mol. The van der Waals surface area contributed by atoms with Crippen LogP contribution in [-0.4, -0.2) is 43.7 Å². The highest BCUT2D eigenvalue weighted by Gasteiger charge is 2.32. The van der Waals surface area contributed by atoms with Crippen LogP contribution in [0.25, 0.3) is 0 Å². The molecule has 2 heterocycles. The van der Waals surface area contributed by atoms with Crippen molar-refractivity contribution in [1.82, 2.24) is 14.7 Å². The number of hydrogen-bond donors (Lipinski definition) is 2. The van der Waals surface area contributed by atoms with E-state index in [4.69, 9.17) is 4.74 Å². The van der Waals surface area contributed by atoms with E-state index in [2.05, 4.69) is 20.0 Å². The molecule has 2 N–H and O–H groups in total. The fraction of sp³-hybridized carbons (Fsp3) is 0.667. The first kappa shape index (κ1) is 15.1. The largest absolute Gasteiger partial charge is 0.381 e. The molecule has 2 rings (SSSR count). The van der Waals surface area contributed by atoms with Crippen molar-refractivity contribution in [3.63, 3.8) is 0 Å². The molecule has 1 aromatic heterocycles. The predicted octanol–water partition coefficient (Wildman–Crippen LogP) is 0.756. The Labute approximate surface area is 119 Å². The second-order valence-electron chi connectivity index (χ2n) is 5.05. The maximum atomic E-state index is 12.3. The van der Waals surface area contributed by atoms with E-state index in [1.165, 1.54) is 12.4 Å². The van der Waals surface area contributed by atoms with Gasteiger partial charge in [0.2, 0.25) is 16.0 Å². The summed E-state index contributed by atoms with van der Waals surface area (Å²) in [6.07, 6.45) is 3.94. The van der Waals surface area contributed by atoms with Gasteiger partial charge in [-0.1, -0.05) is 0 Å². The van der Waals surface area contributed by atoms with Gasteiger partial charge in [-0.3, -0.25) is 0 Å². The van der Waals surface area contributed by atoms with Crippen molar-refractivity contribution in [2.75, 3.05) is 25.1 Å². The average Bonchev–Trinajstić information content (AvgIpc) is 2.39. The second-order valence-corrected chi connectivity index (χ2v) is 6.73. The van der Waals surface area contributed by atoms with Gasteiger partial charge in [0, 0.05) is 25.3 Å². The third kappa shape index (κ3) is 3.65. The molecule has 0 spiro atoms. The molecular weight excluding hydrogens is 280 g/mol. The van der Waals surface area contributed by atoms with Crippen LogP contribution in [0, 0.1) is 0 Å². The van der Waals surface area contributed by atoms with E-state index in [-0.39, 0.29) is 4.90 Å². The number of anilines is 1. The molecule has 7 nitrogen and oxygen atoms in total. The molecule has 0 radical (unpaired) electrons.